The summed E-state index contributed by atoms with van der Waals surface area (Å²) < 4.78 is 12.7. The largest absolute Gasteiger partial charge is 0.506 e. The molecular formula is C6H10O8. The van der Waals surface area contributed by atoms with E-state index in [1.54, 1.807) is 0 Å². The van der Waals surface area contributed by atoms with Gasteiger partial charge in [-0.05, 0) is 0 Å². The molecule has 0 fully saturated rings. The zero-order chi connectivity index (χ0) is 11.0. The van der Waals surface area contributed by atoms with Crippen LogP contribution in [-0.2, 0) is 14.2 Å². The van der Waals surface area contributed by atoms with E-state index in [2.05, 4.69) is 14.2 Å². The predicted octanol–water partition coefficient (Wildman–Crippen LogP) is -0.289. The van der Waals surface area contributed by atoms with Crippen LogP contribution in [0.2, 0.25) is 0 Å². The van der Waals surface area contributed by atoms with Crippen molar-refractivity contribution < 1.29 is 39.1 Å². The lowest BCUT2D eigenvalue weighted by Gasteiger charge is -2.14. The average Bonchev–Trinajstić information content (AvgIpc) is 2.09. The van der Waals surface area contributed by atoms with Crippen molar-refractivity contribution in [2.75, 3.05) is 20.0 Å². The van der Waals surface area contributed by atoms with E-state index in [-0.39, 0.29) is 6.61 Å². The Bertz CT molecular complexity index is 190. The summed E-state index contributed by atoms with van der Waals surface area (Å²) >= 11 is 0. The molecule has 0 heterocycles. The molecule has 1 atom stereocenters. The summed E-state index contributed by atoms with van der Waals surface area (Å²) in [4.78, 5) is 20.0. The van der Waals surface area contributed by atoms with Gasteiger partial charge in [0.2, 0.25) is 0 Å². The molecule has 3 N–H and O–H groups in total. The molecule has 8 heteroatoms. The van der Waals surface area contributed by atoms with Crippen LogP contribution in [-0.4, -0.2) is 53.7 Å². The summed E-state index contributed by atoms with van der Waals surface area (Å²) in [5, 5.41) is 24.6. The van der Waals surface area contributed by atoms with Crippen LogP contribution < -0.4 is 0 Å². The van der Waals surface area contributed by atoms with Gasteiger partial charge in [-0.1, -0.05) is 0 Å². The number of ether oxygens (including phenoxy) is 3. The minimum Gasteiger partial charge on any atom is -0.450 e. The molecule has 0 saturated heterocycles. The lowest BCUT2D eigenvalue weighted by Crippen LogP contribution is -2.29. The first kappa shape index (κ1) is 12.5. The molecule has 0 amide bonds. The van der Waals surface area contributed by atoms with E-state index in [4.69, 9.17) is 15.3 Å². The Labute approximate surface area is 78.6 Å². The Morgan fingerprint density at radius 1 is 1.14 bits per heavy atom. The molecule has 0 aliphatic carbocycles. The number of hydrogen-bond acceptors (Lipinski definition) is 6. The van der Waals surface area contributed by atoms with E-state index < -0.39 is 31.8 Å². The maximum Gasteiger partial charge on any atom is 0.506 e. The topological polar surface area (TPSA) is 123 Å². The molecule has 0 rings (SSSR count). The van der Waals surface area contributed by atoms with Crippen molar-refractivity contribution in [1.29, 1.82) is 0 Å². The van der Waals surface area contributed by atoms with E-state index in [1.807, 2.05) is 0 Å². The second-order valence-corrected chi connectivity index (χ2v) is 2.08. The second-order valence-electron chi connectivity index (χ2n) is 2.08. The fourth-order valence-electron chi connectivity index (χ4n) is 0.607. The highest BCUT2D eigenvalue weighted by Crippen LogP contribution is 1.96. The maximum atomic E-state index is 10.1. The van der Waals surface area contributed by atoms with Gasteiger partial charge in [-0.25, -0.2) is 9.59 Å². The van der Waals surface area contributed by atoms with Gasteiger partial charge in [-0.3, -0.25) is 0 Å². The van der Waals surface area contributed by atoms with Crippen molar-refractivity contribution >= 4 is 12.3 Å². The van der Waals surface area contributed by atoms with Gasteiger partial charge in [0.25, 0.3) is 0 Å². The molecule has 0 aromatic carbocycles. The van der Waals surface area contributed by atoms with Gasteiger partial charge in [0, 0.05) is 0 Å². The van der Waals surface area contributed by atoms with Crippen LogP contribution in [0.3, 0.4) is 0 Å². The van der Waals surface area contributed by atoms with E-state index in [0.29, 0.717) is 0 Å². The standard InChI is InChI=1S/C6H10O8/c7-3-12-1-4(14-6(10)11)2-13-5(8)9/h4,7H,1-3H2,(H,8,9)(H,10,11). The van der Waals surface area contributed by atoms with Crippen molar-refractivity contribution in [3.8, 4) is 0 Å². The highest BCUT2D eigenvalue weighted by molar-refractivity contribution is 5.58. The van der Waals surface area contributed by atoms with E-state index in [9.17, 15) is 9.59 Å². The summed E-state index contributed by atoms with van der Waals surface area (Å²) in [6.07, 6.45) is -4.21. The first-order valence-corrected chi connectivity index (χ1v) is 3.50. The van der Waals surface area contributed by atoms with E-state index in [1.165, 1.54) is 0 Å². The van der Waals surface area contributed by atoms with Crippen LogP contribution in [0.1, 0.15) is 0 Å². The Kier molecular flexibility index (Phi) is 6.16. The third-order valence-electron chi connectivity index (χ3n) is 1.06. The highest BCUT2D eigenvalue weighted by Gasteiger charge is 2.16. The number of aliphatic hydroxyl groups excluding tert-OH is 1. The third kappa shape index (κ3) is 7.13. The van der Waals surface area contributed by atoms with Gasteiger partial charge in [-0.15, -0.1) is 0 Å². The van der Waals surface area contributed by atoms with Crippen LogP contribution in [0, 0.1) is 0 Å². The lowest BCUT2D eigenvalue weighted by molar-refractivity contribution is -0.0704. The molecule has 0 spiro atoms. The van der Waals surface area contributed by atoms with Crippen LogP contribution >= 0.6 is 0 Å². The molecule has 14 heavy (non-hydrogen) atoms. The highest BCUT2D eigenvalue weighted by atomic mass is 16.7. The van der Waals surface area contributed by atoms with Crippen molar-refractivity contribution in [2.45, 2.75) is 6.10 Å². The maximum absolute atomic E-state index is 10.1. The molecule has 0 aliphatic rings. The first-order chi connectivity index (χ1) is 6.56. The molecule has 8 nitrogen and oxygen atoms in total. The van der Waals surface area contributed by atoms with Crippen LogP contribution in [0.5, 0.6) is 0 Å². The van der Waals surface area contributed by atoms with E-state index in [0.717, 1.165) is 0 Å². The monoisotopic (exact) mass is 210 g/mol. The second kappa shape index (κ2) is 6.92. The molecule has 0 aliphatic heterocycles. The van der Waals surface area contributed by atoms with E-state index >= 15 is 0 Å². The lowest BCUT2D eigenvalue weighted by atomic mass is 10.4. The van der Waals surface area contributed by atoms with Gasteiger partial charge in [0.15, 0.2) is 6.10 Å². The van der Waals surface area contributed by atoms with Gasteiger partial charge in [-0.2, -0.15) is 0 Å². The van der Waals surface area contributed by atoms with Crippen LogP contribution in [0.4, 0.5) is 9.59 Å². The number of carbonyl (C=O) groups is 2. The molecular weight excluding hydrogens is 200 g/mol. The molecule has 0 saturated carbocycles. The van der Waals surface area contributed by atoms with Gasteiger partial charge < -0.3 is 29.5 Å². The Morgan fingerprint density at radius 3 is 2.21 bits per heavy atom. The normalized spacial score (nSPS) is 11.8. The first-order valence-electron chi connectivity index (χ1n) is 3.50. The van der Waals surface area contributed by atoms with Gasteiger partial charge >= 0.3 is 12.3 Å². The zero-order valence-corrected chi connectivity index (χ0v) is 7.08. The summed E-state index contributed by atoms with van der Waals surface area (Å²) in [5.41, 5.74) is 0. The SMILES string of the molecule is O=C(O)OCC(COCO)OC(=O)O. The Balaban J connectivity index is 3.83. The molecule has 82 valence electrons. The van der Waals surface area contributed by atoms with Gasteiger partial charge in [0.1, 0.15) is 13.4 Å². The van der Waals surface area contributed by atoms with Crippen molar-refractivity contribution in [3.05, 3.63) is 0 Å². The van der Waals surface area contributed by atoms with Crippen LogP contribution in [0.25, 0.3) is 0 Å². The fraction of sp³-hybridized carbons (Fsp3) is 0.667. The molecule has 0 radical (unpaired) electrons. The molecule has 0 aromatic heterocycles. The molecule has 1 unspecified atom stereocenters. The summed E-state index contributed by atoms with van der Waals surface area (Å²) in [6, 6.07) is 0. The Morgan fingerprint density at radius 2 is 1.79 bits per heavy atom. The minimum absolute atomic E-state index is 0.282. The number of carboxylic acid groups (broad SMARTS) is 2. The number of hydrogen-bond donors (Lipinski definition) is 3. The van der Waals surface area contributed by atoms with Crippen molar-refractivity contribution in [3.63, 3.8) is 0 Å². The Hall–Kier alpha value is -1.54. The van der Waals surface area contributed by atoms with Crippen molar-refractivity contribution in [2.24, 2.45) is 0 Å². The smallest absolute Gasteiger partial charge is 0.450 e. The van der Waals surface area contributed by atoms with Crippen LogP contribution in [0.15, 0.2) is 0 Å². The zero-order valence-electron chi connectivity index (χ0n) is 7.08. The van der Waals surface area contributed by atoms with Gasteiger partial charge in [0.05, 0.1) is 6.61 Å². The third-order valence-corrected chi connectivity index (χ3v) is 1.06. The molecule has 0 aromatic rings. The number of rotatable bonds is 6. The fourth-order valence-corrected chi connectivity index (χ4v) is 0.607. The minimum atomic E-state index is -1.58. The summed E-state index contributed by atoms with van der Waals surface area (Å²) in [5.74, 6) is 0. The summed E-state index contributed by atoms with van der Waals surface area (Å²) in [7, 11) is 0. The quantitative estimate of drug-likeness (QED) is 0.403. The molecule has 0 bridgehead atoms. The number of aliphatic hydroxyl groups is 1. The summed E-state index contributed by atoms with van der Waals surface area (Å²) in [6.45, 7) is -1.38. The van der Waals surface area contributed by atoms with Crippen molar-refractivity contribution in [1.82, 2.24) is 0 Å². The average molecular weight is 210 g/mol. The predicted molar refractivity (Wildman–Crippen MR) is 39.9 cm³/mol.